The van der Waals surface area contributed by atoms with Crippen LogP contribution in [0.1, 0.15) is 35.0 Å². The second-order valence-corrected chi connectivity index (χ2v) is 4.40. The SMILES string of the molecule is c1c(C2CO2)cc(C2CO2)cc1C1CO1. The molecule has 78 valence electrons. The van der Waals surface area contributed by atoms with Crippen molar-refractivity contribution in [3.63, 3.8) is 0 Å². The Bertz CT molecular complexity index is 329. The summed E-state index contributed by atoms with van der Waals surface area (Å²) in [6, 6.07) is 6.63. The quantitative estimate of drug-likeness (QED) is 0.706. The number of ether oxygens (including phenoxy) is 3. The van der Waals surface area contributed by atoms with E-state index in [0.717, 1.165) is 19.8 Å². The van der Waals surface area contributed by atoms with Gasteiger partial charge in [-0.05, 0) is 16.7 Å². The van der Waals surface area contributed by atoms with E-state index in [9.17, 15) is 0 Å². The number of hydrogen-bond donors (Lipinski definition) is 0. The molecule has 3 unspecified atom stereocenters. The average Bonchev–Trinajstić information content (AvgIpc) is 3.20. The van der Waals surface area contributed by atoms with Crippen LogP contribution in [0.15, 0.2) is 18.2 Å². The highest BCUT2D eigenvalue weighted by Gasteiger charge is 2.33. The second-order valence-electron chi connectivity index (χ2n) is 4.40. The molecule has 0 aromatic heterocycles. The molecule has 15 heavy (non-hydrogen) atoms. The van der Waals surface area contributed by atoms with Crippen LogP contribution >= 0.6 is 0 Å². The van der Waals surface area contributed by atoms with Crippen LogP contribution in [-0.2, 0) is 14.2 Å². The van der Waals surface area contributed by atoms with Crippen molar-refractivity contribution in [3.8, 4) is 0 Å². The molecule has 0 aliphatic carbocycles. The van der Waals surface area contributed by atoms with E-state index in [4.69, 9.17) is 14.2 Å². The van der Waals surface area contributed by atoms with Crippen LogP contribution in [0.5, 0.6) is 0 Å². The average molecular weight is 204 g/mol. The van der Waals surface area contributed by atoms with Gasteiger partial charge in [0.25, 0.3) is 0 Å². The molecule has 3 heterocycles. The maximum atomic E-state index is 5.32. The Morgan fingerprint density at radius 2 is 0.933 bits per heavy atom. The van der Waals surface area contributed by atoms with Crippen LogP contribution in [-0.4, -0.2) is 19.8 Å². The van der Waals surface area contributed by atoms with Crippen molar-refractivity contribution in [1.82, 2.24) is 0 Å². The molecule has 0 bridgehead atoms. The van der Waals surface area contributed by atoms with Gasteiger partial charge in [-0.15, -0.1) is 0 Å². The lowest BCUT2D eigenvalue weighted by atomic mass is 10.0. The van der Waals surface area contributed by atoms with Crippen LogP contribution in [0, 0.1) is 0 Å². The monoisotopic (exact) mass is 204 g/mol. The lowest BCUT2D eigenvalue weighted by Gasteiger charge is -2.04. The van der Waals surface area contributed by atoms with Gasteiger partial charge >= 0.3 is 0 Å². The van der Waals surface area contributed by atoms with Gasteiger partial charge in [-0.1, -0.05) is 18.2 Å². The number of rotatable bonds is 3. The first-order chi connectivity index (χ1) is 7.40. The summed E-state index contributed by atoms with van der Waals surface area (Å²) in [6.45, 7) is 2.58. The van der Waals surface area contributed by atoms with Gasteiger partial charge in [-0.2, -0.15) is 0 Å². The molecule has 3 aliphatic heterocycles. The molecule has 3 fully saturated rings. The summed E-state index contributed by atoms with van der Waals surface area (Å²) in [4.78, 5) is 0. The molecule has 1 aromatic rings. The summed E-state index contributed by atoms with van der Waals surface area (Å²) >= 11 is 0. The van der Waals surface area contributed by atoms with Gasteiger partial charge in [0.2, 0.25) is 0 Å². The van der Waals surface area contributed by atoms with E-state index in [2.05, 4.69) is 18.2 Å². The van der Waals surface area contributed by atoms with Crippen molar-refractivity contribution in [3.05, 3.63) is 34.9 Å². The molecule has 1 aromatic carbocycles. The number of epoxide rings is 3. The first-order valence-corrected chi connectivity index (χ1v) is 5.40. The Labute approximate surface area is 87.9 Å². The maximum absolute atomic E-state index is 5.32. The molecule has 0 amide bonds. The van der Waals surface area contributed by atoms with Crippen molar-refractivity contribution >= 4 is 0 Å². The summed E-state index contributed by atoms with van der Waals surface area (Å²) in [5.41, 5.74) is 3.86. The van der Waals surface area contributed by atoms with E-state index in [0.29, 0.717) is 18.3 Å². The zero-order valence-corrected chi connectivity index (χ0v) is 8.31. The Kier molecular flexibility index (Phi) is 1.55. The topological polar surface area (TPSA) is 37.6 Å². The minimum absolute atomic E-state index is 0.321. The number of hydrogen-bond acceptors (Lipinski definition) is 3. The molecule has 3 nitrogen and oxygen atoms in total. The van der Waals surface area contributed by atoms with Crippen LogP contribution < -0.4 is 0 Å². The Morgan fingerprint density at radius 1 is 0.667 bits per heavy atom. The largest absolute Gasteiger partial charge is 0.368 e. The zero-order chi connectivity index (χ0) is 9.83. The lowest BCUT2D eigenvalue weighted by molar-refractivity contribution is 0.405. The standard InChI is InChI=1S/C12H12O3/c1-7(10-4-13-10)2-9(12-6-15-12)3-8(1)11-5-14-11/h1-3,10-12H,4-6H2. The highest BCUT2D eigenvalue weighted by Crippen LogP contribution is 2.40. The van der Waals surface area contributed by atoms with E-state index in [1.807, 2.05) is 0 Å². The molecule has 3 saturated heterocycles. The molecular formula is C12H12O3. The van der Waals surface area contributed by atoms with E-state index < -0.39 is 0 Å². The fourth-order valence-corrected chi connectivity index (χ4v) is 1.98. The van der Waals surface area contributed by atoms with Crippen molar-refractivity contribution < 1.29 is 14.2 Å². The highest BCUT2D eigenvalue weighted by atomic mass is 16.6. The van der Waals surface area contributed by atoms with Crippen molar-refractivity contribution in [2.45, 2.75) is 18.3 Å². The van der Waals surface area contributed by atoms with Gasteiger partial charge in [0.1, 0.15) is 18.3 Å². The third-order valence-electron chi connectivity index (χ3n) is 3.12. The maximum Gasteiger partial charge on any atom is 0.106 e. The molecule has 4 rings (SSSR count). The fraction of sp³-hybridized carbons (Fsp3) is 0.500. The van der Waals surface area contributed by atoms with Crippen LogP contribution in [0.4, 0.5) is 0 Å². The van der Waals surface area contributed by atoms with Gasteiger partial charge in [-0.25, -0.2) is 0 Å². The van der Waals surface area contributed by atoms with Gasteiger partial charge in [0, 0.05) is 0 Å². The molecule has 0 spiro atoms. The predicted octanol–water partition coefficient (Wildman–Crippen LogP) is 1.90. The van der Waals surface area contributed by atoms with Gasteiger partial charge in [0.15, 0.2) is 0 Å². The smallest absolute Gasteiger partial charge is 0.106 e. The first-order valence-electron chi connectivity index (χ1n) is 5.40. The normalized spacial score (nSPS) is 36.4. The van der Waals surface area contributed by atoms with E-state index >= 15 is 0 Å². The second kappa shape index (κ2) is 2.82. The first kappa shape index (κ1) is 8.28. The minimum atomic E-state index is 0.321. The highest BCUT2D eigenvalue weighted by molar-refractivity contribution is 5.37. The Morgan fingerprint density at radius 3 is 1.13 bits per heavy atom. The van der Waals surface area contributed by atoms with E-state index in [-0.39, 0.29) is 0 Å². The minimum Gasteiger partial charge on any atom is -0.368 e. The molecule has 0 radical (unpaired) electrons. The summed E-state index contributed by atoms with van der Waals surface area (Å²) < 4.78 is 16.0. The van der Waals surface area contributed by atoms with E-state index in [1.54, 1.807) is 0 Å². The van der Waals surface area contributed by atoms with Crippen LogP contribution in [0.2, 0.25) is 0 Å². The van der Waals surface area contributed by atoms with Gasteiger partial charge < -0.3 is 14.2 Å². The fourth-order valence-electron chi connectivity index (χ4n) is 1.98. The summed E-state index contributed by atoms with van der Waals surface area (Å²) in [5.74, 6) is 0. The third-order valence-corrected chi connectivity index (χ3v) is 3.12. The third kappa shape index (κ3) is 1.57. The van der Waals surface area contributed by atoms with E-state index in [1.165, 1.54) is 16.7 Å². The van der Waals surface area contributed by atoms with Crippen LogP contribution in [0.25, 0.3) is 0 Å². The molecule has 0 N–H and O–H groups in total. The van der Waals surface area contributed by atoms with Crippen molar-refractivity contribution in [1.29, 1.82) is 0 Å². The van der Waals surface area contributed by atoms with Crippen molar-refractivity contribution in [2.24, 2.45) is 0 Å². The summed E-state index contributed by atoms with van der Waals surface area (Å²) in [6.07, 6.45) is 0.962. The molecule has 3 atom stereocenters. The Hall–Kier alpha value is -0.900. The summed E-state index contributed by atoms with van der Waals surface area (Å²) in [5, 5.41) is 0. The molecule has 3 aliphatic rings. The predicted molar refractivity (Wildman–Crippen MR) is 52.5 cm³/mol. The molecule has 3 heteroatoms. The van der Waals surface area contributed by atoms with Gasteiger partial charge in [-0.3, -0.25) is 0 Å². The van der Waals surface area contributed by atoms with Crippen molar-refractivity contribution in [2.75, 3.05) is 19.8 Å². The number of benzene rings is 1. The lowest BCUT2D eigenvalue weighted by Crippen LogP contribution is -1.91. The molecule has 0 saturated carbocycles. The van der Waals surface area contributed by atoms with Gasteiger partial charge in [0.05, 0.1) is 19.8 Å². The molecular weight excluding hydrogens is 192 g/mol. The Balaban J connectivity index is 1.76. The summed E-state index contributed by atoms with van der Waals surface area (Å²) in [7, 11) is 0. The zero-order valence-electron chi connectivity index (χ0n) is 8.31. The van der Waals surface area contributed by atoms with Crippen LogP contribution in [0.3, 0.4) is 0 Å².